The van der Waals surface area contributed by atoms with Crippen LogP contribution in [0.2, 0.25) is 0 Å². The van der Waals surface area contributed by atoms with Crippen LogP contribution in [-0.4, -0.2) is 21.7 Å². The number of hydrogen-bond donors (Lipinski definition) is 1. The van der Waals surface area contributed by atoms with Crippen molar-refractivity contribution in [2.24, 2.45) is 0 Å². The van der Waals surface area contributed by atoms with Crippen LogP contribution in [0.3, 0.4) is 0 Å². The molecule has 0 fully saturated rings. The van der Waals surface area contributed by atoms with Crippen molar-refractivity contribution >= 4 is 11.0 Å². The fraction of sp³-hybridized carbons (Fsp3) is 0.286. The molecule has 2 aromatic rings. The summed E-state index contributed by atoms with van der Waals surface area (Å²) in [5.74, 6) is 0. The van der Waals surface area contributed by atoms with Crippen LogP contribution in [0, 0.1) is 0 Å². The third kappa shape index (κ3) is 1.95. The second-order valence-corrected chi connectivity index (χ2v) is 4.34. The largest absolute Gasteiger partial charge is 0.501 e. The Hall–Kier alpha value is -1.94. The number of ether oxygens (including phenoxy) is 1. The van der Waals surface area contributed by atoms with E-state index in [0.717, 1.165) is 41.6 Å². The van der Waals surface area contributed by atoms with E-state index in [4.69, 9.17) is 4.74 Å². The summed E-state index contributed by atoms with van der Waals surface area (Å²) >= 11 is 0. The second kappa shape index (κ2) is 4.74. The molecule has 1 aromatic heterocycles. The van der Waals surface area contributed by atoms with Gasteiger partial charge in [0, 0.05) is 18.0 Å². The lowest BCUT2D eigenvalue weighted by Crippen LogP contribution is -2.08. The molecule has 4 heteroatoms. The van der Waals surface area contributed by atoms with Crippen molar-refractivity contribution < 1.29 is 9.84 Å². The number of aliphatic hydroxyl groups excluding tert-OH is 1. The van der Waals surface area contributed by atoms with E-state index in [2.05, 4.69) is 9.97 Å². The average Bonchev–Trinajstić information content (AvgIpc) is 2.47. The van der Waals surface area contributed by atoms with Crippen LogP contribution in [-0.2, 0) is 4.74 Å². The fourth-order valence-electron chi connectivity index (χ4n) is 2.22. The summed E-state index contributed by atoms with van der Waals surface area (Å²) in [5.41, 5.74) is 3.24. The Morgan fingerprint density at radius 3 is 2.94 bits per heavy atom. The Bertz CT molecular complexity index is 590. The van der Waals surface area contributed by atoms with E-state index in [0.29, 0.717) is 0 Å². The summed E-state index contributed by atoms with van der Waals surface area (Å²) < 4.78 is 5.28. The van der Waals surface area contributed by atoms with Crippen LogP contribution in [0.5, 0.6) is 0 Å². The zero-order valence-electron chi connectivity index (χ0n) is 9.91. The molecular weight excluding hydrogens is 228 g/mol. The molecule has 1 aromatic carbocycles. The highest BCUT2D eigenvalue weighted by molar-refractivity contribution is 5.78. The lowest BCUT2D eigenvalue weighted by Gasteiger charge is -2.19. The second-order valence-electron chi connectivity index (χ2n) is 4.34. The number of aliphatic hydroxyl groups is 1. The van der Waals surface area contributed by atoms with E-state index < -0.39 is 6.10 Å². The maximum Gasteiger partial charge on any atom is 0.105 e. The summed E-state index contributed by atoms with van der Waals surface area (Å²) in [6.07, 6.45) is 6.11. The Morgan fingerprint density at radius 1 is 1.22 bits per heavy atom. The van der Waals surface area contributed by atoms with Gasteiger partial charge < -0.3 is 9.84 Å². The van der Waals surface area contributed by atoms with Crippen LogP contribution in [0.4, 0.5) is 0 Å². The van der Waals surface area contributed by atoms with Gasteiger partial charge in [-0.05, 0) is 24.5 Å². The molecule has 1 aliphatic rings. The van der Waals surface area contributed by atoms with E-state index in [1.54, 1.807) is 18.7 Å². The Kier molecular flexibility index (Phi) is 2.94. The van der Waals surface area contributed by atoms with Crippen LogP contribution in [0.15, 0.2) is 42.4 Å². The van der Waals surface area contributed by atoms with Gasteiger partial charge in [-0.2, -0.15) is 0 Å². The van der Waals surface area contributed by atoms with Crippen molar-refractivity contribution in [1.82, 2.24) is 9.97 Å². The molecule has 1 unspecified atom stereocenters. The van der Waals surface area contributed by atoms with Crippen molar-refractivity contribution in [3.63, 3.8) is 0 Å². The summed E-state index contributed by atoms with van der Waals surface area (Å²) in [6, 6.07) is 5.67. The Balaban J connectivity index is 2.05. The first kappa shape index (κ1) is 11.2. The molecule has 3 rings (SSSR count). The topological polar surface area (TPSA) is 55.2 Å². The molecule has 0 saturated carbocycles. The number of benzene rings is 1. The molecular formula is C14H14N2O2. The molecule has 18 heavy (non-hydrogen) atoms. The van der Waals surface area contributed by atoms with Crippen molar-refractivity contribution in [3.8, 4) is 0 Å². The molecule has 1 N–H and O–H groups in total. The zero-order chi connectivity index (χ0) is 12.4. The van der Waals surface area contributed by atoms with E-state index in [1.165, 1.54) is 0 Å². The molecule has 0 aliphatic carbocycles. The van der Waals surface area contributed by atoms with Crippen molar-refractivity contribution in [2.75, 3.05) is 6.61 Å². The molecule has 4 nitrogen and oxygen atoms in total. The lowest BCUT2D eigenvalue weighted by molar-refractivity contribution is 0.171. The highest BCUT2D eigenvalue weighted by atomic mass is 16.5. The maximum atomic E-state index is 10.4. The molecule has 1 aliphatic heterocycles. The molecule has 0 saturated heterocycles. The van der Waals surface area contributed by atoms with E-state index in [1.807, 2.05) is 18.2 Å². The van der Waals surface area contributed by atoms with Crippen molar-refractivity contribution in [2.45, 2.75) is 18.9 Å². The minimum absolute atomic E-state index is 0.661. The summed E-state index contributed by atoms with van der Waals surface area (Å²) in [4.78, 5) is 8.55. The van der Waals surface area contributed by atoms with E-state index >= 15 is 0 Å². The Labute approximate surface area is 105 Å². The zero-order valence-corrected chi connectivity index (χ0v) is 9.91. The number of rotatable bonds is 2. The molecule has 0 bridgehead atoms. The van der Waals surface area contributed by atoms with Gasteiger partial charge >= 0.3 is 0 Å². The van der Waals surface area contributed by atoms with Crippen LogP contribution in [0.1, 0.15) is 24.5 Å². The predicted molar refractivity (Wildman–Crippen MR) is 67.8 cm³/mol. The van der Waals surface area contributed by atoms with Crippen molar-refractivity contribution in [1.29, 1.82) is 0 Å². The van der Waals surface area contributed by atoms with Gasteiger partial charge in [-0.3, -0.25) is 9.97 Å². The first-order valence-electron chi connectivity index (χ1n) is 6.04. The number of hydrogen-bond acceptors (Lipinski definition) is 4. The van der Waals surface area contributed by atoms with Crippen LogP contribution < -0.4 is 0 Å². The normalized spacial score (nSPS) is 17.1. The highest BCUT2D eigenvalue weighted by Crippen LogP contribution is 2.30. The molecule has 0 radical (unpaired) electrons. The van der Waals surface area contributed by atoms with Crippen molar-refractivity contribution in [3.05, 3.63) is 48.0 Å². The average molecular weight is 242 g/mol. The predicted octanol–water partition coefficient (Wildman–Crippen LogP) is 2.36. The van der Waals surface area contributed by atoms with E-state index in [9.17, 15) is 5.11 Å². The van der Waals surface area contributed by atoms with Gasteiger partial charge in [0.2, 0.25) is 0 Å². The smallest absolute Gasteiger partial charge is 0.105 e. The van der Waals surface area contributed by atoms with Gasteiger partial charge in [0.15, 0.2) is 0 Å². The first-order valence-corrected chi connectivity index (χ1v) is 6.04. The highest BCUT2D eigenvalue weighted by Gasteiger charge is 2.19. The molecule has 0 spiro atoms. The van der Waals surface area contributed by atoms with Gasteiger partial charge in [0.05, 0.1) is 23.9 Å². The van der Waals surface area contributed by atoms with Gasteiger partial charge in [0.1, 0.15) is 6.10 Å². The monoisotopic (exact) mass is 242 g/mol. The van der Waals surface area contributed by atoms with Crippen LogP contribution >= 0.6 is 0 Å². The third-order valence-electron chi connectivity index (χ3n) is 3.14. The lowest BCUT2D eigenvalue weighted by atomic mass is 9.97. The maximum absolute atomic E-state index is 10.4. The molecule has 1 atom stereocenters. The SMILES string of the molecule is OC(C1=COCCC1)c1cccc2nccnc12. The van der Waals surface area contributed by atoms with E-state index in [-0.39, 0.29) is 0 Å². The molecule has 92 valence electrons. The quantitative estimate of drug-likeness (QED) is 0.878. The van der Waals surface area contributed by atoms with Crippen LogP contribution in [0.25, 0.3) is 11.0 Å². The van der Waals surface area contributed by atoms with Gasteiger partial charge in [-0.25, -0.2) is 0 Å². The molecule has 0 amide bonds. The Morgan fingerprint density at radius 2 is 2.11 bits per heavy atom. The minimum atomic E-state index is -0.661. The summed E-state index contributed by atoms with van der Waals surface area (Å²) in [7, 11) is 0. The third-order valence-corrected chi connectivity index (χ3v) is 3.14. The number of fused-ring (bicyclic) bond motifs is 1. The minimum Gasteiger partial charge on any atom is -0.501 e. The number of nitrogens with zero attached hydrogens (tertiary/aromatic N) is 2. The molecule has 2 heterocycles. The first-order chi connectivity index (χ1) is 8.86. The number of para-hydroxylation sites is 1. The van der Waals surface area contributed by atoms with Gasteiger partial charge in [-0.15, -0.1) is 0 Å². The van der Waals surface area contributed by atoms with Gasteiger partial charge in [-0.1, -0.05) is 12.1 Å². The number of aromatic nitrogens is 2. The van der Waals surface area contributed by atoms with Gasteiger partial charge in [0.25, 0.3) is 0 Å². The fourth-order valence-corrected chi connectivity index (χ4v) is 2.22. The summed E-state index contributed by atoms with van der Waals surface area (Å²) in [6.45, 7) is 0.728. The standard InChI is InChI=1S/C14H14N2O2/c17-14(10-3-2-8-18-9-10)11-4-1-5-12-13(11)16-7-6-15-12/h1,4-7,9,14,17H,2-3,8H2. The summed E-state index contributed by atoms with van der Waals surface area (Å²) in [5, 5.41) is 10.4.